The summed E-state index contributed by atoms with van der Waals surface area (Å²) >= 11 is 4.74. The molecule has 35 heavy (non-hydrogen) atoms. The Morgan fingerprint density at radius 3 is 2.11 bits per heavy atom. The zero-order valence-electron chi connectivity index (χ0n) is 18.5. The van der Waals surface area contributed by atoms with Crippen molar-refractivity contribution in [2.45, 2.75) is 0 Å². The largest absolute Gasteiger partial charge is 0.309 e. The summed E-state index contributed by atoms with van der Waals surface area (Å²) in [5.41, 5.74) is 7.04. The van der Waals surface area contributed by atoms with Gasteiger partial charge in [0.2, 0.25) is 4.73 Å². The molecule has 0 aliphatic rings. The Morgan fingerprint density at radius 1 is 0.600 bits per heavy atom. The Morgan fingerprint density at radius 2 is 1.29 bits per heavy atom. The SMILES string of the molecule is Brc1nsc(-c2ccc(-n3c4ccccc4c4cc(-c5ccc6ccccc6c5)ccc43)cc2)n1. The van der Waals surface area contributed by atoms with Gasteiger partial charge in [0, 0.05) is 22.0 Å². The highest BCUT2D eigenvalue weighted by atomic mass is 79.9. The molecule has 0 atom stereocenters. The van der Waals surface area contributed by atoms with Crippen LogP contribution in [-0.4, -0.2) is 13.9 Å². The van der Waals surface area contributed by atoms with E-state index in [2.05, 4.69) is 139 Å². The van der Waals surface area contributed by atoms with E-state index in [0.717, 1.165) is 16.3 Å². The fourth-order valence-electron chi connectivity index (χ4n) is 4.88. The van der Waals surface area contributed by atoms with E-state index < -0.39 is 0 Å². The highest BCUT2D eigenvalue weighted by Crippen LogP contribution is 2.36. The third kappa shape index (κ3) is 3.47. The summed E-state index contributed by atoms with van der Waals surface area (Å²) in [4.78, 5) is 4.45. The van der Waals surface area contributed by atoms with E-state index in [9.17, 15) is 0 Å². The van der Waals surface area contributed by atoms with Gasteiger partial charge in [0.1, 0.15) is 5.01 Å². The summed E-state index contributed by atoms with van der Waals surface area (Å²) in [5, 5.41) is 5.93. The average molecular weight is 532 g/mol. The van der Waals surface area contributed by atoms with E-state index in [4.69, 9.17) is 0 Å². The Bertz CT molecular complexity index is 1860. The molecule has 0 radical (unpaired) electrons. The second-order valence-corrected chi connectivity index (χ2v) is 10.0. The van der Waals surface area contributed by atoms with Gasteiger partial charge in [0.05, 0.1) is 11.0 Å². The molecule has 0 saturated heterocycles. The standard InChI is InChI=1S/C30H18BrN3S/c31-30-32-29(35-33-30)20-11-14-24(15-12-20)34-27-8-4-3-7-25(27)26-18-23(13-16-28(26)34)22-10-9-19-5-1-2-6-21(19)17-22/h1-18H. The summed E-state index contributed by atoms with van der Waals surface area (Å²) in [6.45, 7) is 0. The quantitative estimate of drug-likeness (QED) is 0.228. The minimum absolute atomic E-state index is 0.631. The lowest BCUT2D eigenvalue weighted by molar-refractivity contribution is 1.18. The number of aromatic nitrogens is 3. The molecule has 0 amide bonds. The molecule has 0 fully saturated rings. The Kier molecular flexibility index (Phi) is 4.79. The van der Waals surface area contributed by atoms with Crippen LogP contribution in [0.1, 0.15) is 0 Å². The van der Waals surface area contributed by atoms with Gasteiger partial charge in [0.25, 0.3) is 0 Å². The molecule has 0 aliphatic heterocycles. The van der Waals surface area contributed by atoms with Crippen molar-refractivity contribution in [1.82, 2.24) is 13.9 Å². The van der Waals surface area contributed by atoms with Crippen LogP contribution in [0.15, 0.2) is 114 Å². The molecule has 3 nitrogen and oxygen atoms in total. The molecule has 0 spiro atoms. The average Bonchev–Trinajstić information content (AvgIpc) is 3.49. The van der Waals surface area contributed by atoms with Gasteiger partial charge in [-0.05, 0) is 97.9 Å². The zero-order valence-corrected chi connectivity index (χ0v) is 20.9. The summed E-state index contributed by atoms with van der Waals surface area (Å²) in [6.07, 6.45) is 0. The van der Waals surface area contributed by atoms with Crippen LogP contribution in [0.2, 0.25) is 0 Å². The van der Waals surface area contributed by atoms with Crippen molar-refractivity contribution >= 4 is 60.0 Å². The van der Waals surface area contributed by atoms with Crippen LogP contribution in [0.3, 0.4) is 0 Å². The first kappa shape index (κ1) is 20.6. The fourth-order valence-corrected chi connectivity index (χ4v) is 5.96. The van der Waals surface area contributed by atoms with Gasteiger partial charge in [-0.1, -0.05) is 60.7 Å². The molecule has 0 saturated carbocycles. The molecule has 0 aliphatic carbocycles. The molecular formula is C30H18BrN3S. The van der Waals surface area contributed by atoms with Crippen molar-refractivity contribution in [3.63, 3.8) is 0 Å². The van der Waals surface area contributed by atoms with Gasteiger partial charge < -0.3 is 4.57 Å². The van der Waals surface area contributed by atoms with E-state index >= 15 is 0 Å². The van der Waals surface area contributed by atoms with Gasteiger partial charge in [-0.15, -0.1) is 0 Å². The van der Waals surface area contributed by atoms with E-state index in [1.165, 1.54) is 55.2 Å². The van der Waals surface area contributed by atoms with Crippen LogP contribution in [-0.2, 0) is 0 Å². The Hall–Kier alpha value is -3.80. The first-order valence-electron chi connectivity index (χ1n) is 11.4. The number of hydrogen-bond donors (Lipinski definition) is 0. The van der Waals surface area contributed by atoms with Crippen LogP contribution in [0.25, 0.3) is 60.0 Å². The van der Waals surface area contributed by atoms with Gasteiger partial charge in [0.15, 0.2) is 0 Å². The number of fused-ring (bicyclic) bond motifs is 4. The second kappa shape index (κ2) is 8.15. The van der Waals surface area contributed by atoms with Crippen molar-refractivity contribution < 1.29 is 0 Å². The van der Waals surface area contributed by atoms with Crippen molar-refractivity contribution in [1.29, 1.82) is 0 Å². The van der Waals surface area contributed by atoms with Crippen LogP contribution < -0.4 is 0 Å². The normalized spacial score (nSPS) is 11.6. The number of hydrogen-bond acceptors (Lipinski definition) is 3. The van der Waals surface area contributed by atoms with Crippen LogP contribution >= 0.6 is 27.5 Å². The van der Waals surface area contributed by atoms with Crippen molar-refractivity contribution in [3.8, 4) is 27.4 Å². The Labute approximate surface area is 214 Å². The molecule has 5 aromatic carbocycles. The molecule has 5 heteroatoms. The summed E-state index contributed by atoms with van der Waals surface area (Å²) in [5.74, 6) is 0. The van der Waals surface area contributed by atoms with Gasteiger partial charge in [-0.3, -0.25) is 0 Å². The predicted octanol–water partition coefficient (Wildman–Crippen LogP) is 8.88. The molecular weight excluding hydrogens is 514 g/mol. The number of benzene rings is 5. The summed E-state index contributed by atoms with van der Waals surface area (Å²) in [6, 6.07) is 39.2. The van der Waals surface area contributed by atoms with Crippen LogP contribution in [0.5, 0.6) is 0 Å². The lowest BCUT2D eigenvalue weighted by Crippen LogP contribution is -1.93. The highest BCUT2D eigenvalue weighted by molar-refractivity contribution is 9.10. The monoisotopic (exact) mass is 531 g/mol. The Balaban J connectivity index is 1.39. The smallest absolute Gasteiger partial charge is 0.209 e. The molecule has 166 valence electrons. The minimum atomic E-state index is 0.631. The van der Waals surface area contributed by atoms with Gasteiger partial charge in [-0.2, -0.15) is 4.37 Å². The van der Waals surface area contributed by atoms with Crippen LogP contribution in [0.4, 0.5) is 0 Å². The number of nitrogens with zero attached hydrogens (tertiary/aromatic N) is 3. The highest BCUT2D eigenvalue weighted by Gasteiger charge is 2.14. The maximum absolute atomic E-state index is 4.45. The molecule has 0 N–H and O–H groups in total. The molecule has 2 aromatic heterocycles. The molecule has 2 heterocycles. The number of para-hydroxylation sites is 1. The van der Waals surface area contributed by atoms with Crippen LogP contribution in [0, 0.1) is 0 Å². The lowest BCUT2D eigenvalue weighted by Gasteiger charge is -2.09. The van der Waals surface area contributed by atoms with Gasteiger partial charge in [-0.25, -0.2) is 4.98 Å². The lowest BCUT2D eigenvalue weighted by atomic mass is 9.99. The minimum Gasteiger partial charge on any atom is -0.309 e. The number of halogens is 1. The summed E-state index contributed by atoms with van der Waals surface area (Å²) in [7, 11) is 0. The third-order valence-electron chi connectivity index (χ3n) is 6.53. The van der Waals surface area contributed by atoms with E-state index in [0.29, 0.717) is 4.73 Å². The zero-order chi connectivity index (χ0) is 23.4. The van der Waals surface area contributed by atoms with Crippen molar-refractivity contribution in [2.75, 3.05) is 0 Å². The topological polar surface area (TPSA) is 30.7 Å². The van der Waals surface area contributed by atoms with Crippen molar-refractivity contribution in [3.05, 3.63) is 114 Å². The van der Waals surface area contributed by atoms with E-state index in [1.54, 1.807) is 0 Å². The predicted molar refractivity (Wildman–Crippen MR) is 150 cm³/mol. The third-order valence-corrected chi connectivity index (χ3v) is 7.88. The summed E-state index contributed by atoms with van der Waals surface area (Å²) < 4.78 is 7.21. The molecule has 7 aromatic rings. The fraction of sp³-hybridized carbons (Fsp3) is 0. The van der Waals surface area contributed by atoms with E-state index in [1.807, 2.05) is 0 Å². The molecule has 0 unspecified atom stereocenters. The second-order valence-electron chi connectivity index (χ2n) is 8.56. The van der Waals surface area contributed by atoms with E-state index in [-0.39, 0.29) is 0 Å². The first-order chi connectivity index (χ1) is 17.2. The molecule has 7 rings (SSSR count). The number of rotatable bonds is 3. The maximum Gasteiger partial charge on any atom is 0.209 e. The molecule has 0 bridgehead atoms. The maximum atomic E-state index is 4.45. The van der Waals surface area contributed by atoms with Crippen molar-refractivity contribution in [2.24, 2.45) is 0 Å². The first-order valence-corrected chi connectivity index (χ1v) is 12.9. The van der Waals surface area contributed by atoms with Gasteiger partial charge >= 0.3 is 0 Å².